The van der Waals surface area contributed by atoms with Gasteiger partial charge in [-0.15, -0.1) is 0 Å². The fourth-order valence-corrected chi connectivity index (χ4v) is 2.28. The Morgan fingerprint density at radius 2 is 2.00 bits per heavy atom. The number of aromatic nitrogens is 1. The Labute approximate surface area is 127 Å². The normalized spacial score (nSPS) is 10.5. The van der Waals surface area contributed by atoms with Crippen LogP contribution in [-0.4, -0.2) is 4.98 Å². The molecule has 1 aromatic carbocycles. The summed E-state index contributed by atoms with van der Waals surface area (Å²) in [4.78, 5) is 4.04. The van der Waals surface area contributed by atoms with Crippen molar-refractivity contribution < 1.29 is 9.13 Å². The summed E-state index contributed by atoms with van der Waals surface area (Å²) in [5.41, 5.74) is 6.03. The lowest BCUT2D eigenvalue weighted by Crippen LogP contribution is -2.02. The number of halogens is 4. The molecule has 0 unspecified atom stereocenters. The van der Waals surface area contributed by atoms with Gasteiger partial charge in [0.2, 0.25) is 0 Å². The van der Waals surface area contributed by atoms with Crippen LogP contribution >= 0.6 is 39.1 Å². The third-order valence-electron chi connectivity index (χ3n) is 2.28. The van der Waals surface area contributed by atoms with Gasteiger partial charge >= 0.3 is 0 Å². The first-order chi connectivity index (χ1) is 8.97. The summed E-state index contributed by atoms with van der Waals surface area (Å²) in [5.74, 6) is 0.0815. The van der Waals surface area contributed by atoms with Crippen molar-refractivity contribution >= 4 is 44.9 Å². The van der Waals surface area contributed by atoms with Gasteiger partial charge in [-0.25, -0.2) is 9.37 Å². The number of nitrogens with zero attached hydrogens (tertiary/aromatic N) is 1. The predicted octanol–water partition coefficient (Wildman–Crippen LogP) is 4.45. The Bertz CT molecular complexity index is 625. The maximum Gasteiger partial charge on any atom is 0.145 e. The van der Waals surface area contributed by atoms with Crippen molar-refractivity contribution in [2.75, 3.05) is 5.73 Å². The fourth-order valence-electron chi connectivity index (χ4n) is 1.36. The minimum absolute atomic E-state index is 0.0133. The van der Waals surface area contributed by atoms with Gasteiger partial charge in [-0.1, -0.05) is 23.2 Å². The van der Waals surface area contributed by atoms with E-state index < -0.39 is 5.82 Å². The first kappa shape index (κ1) is 14.4. The smallest absolute Gasteiger partial charge is 0.145 e. The minimum atomic E-state index is -0.563. The summed E-state index contributed by atoms with van der Waals surface area (Å²) in [7, 11) is 0. The summed E-state index contributed by atoms with van der Waals surface area (Å²) in [6.45, 7) is 0.0730. The van der Waals surface area contributed by atoms with E-state index in [1.54, 1.807) is 12.1 Å². The second-order valence-corrected chi connectivity index (χ2v) is 5.32. The highest BCUT2D eigenvalue weighted by Gasteiger charge is 2.10. The monoisotopic (exact) mass is 364 g/mol. The third-order valence-corrected chi connectivity index (χ3v) is 3.53. The number of pyridine rings is 1. The van der Waals surface area contributed by atoms with Gasteiger partial charge in [-0.3, -0.25) is 0 Å². The number of hydrogen-bond donors (Lipinski definition) is 1. The number of nitrogen functional groups attached to an aromatic ring is 1. The fraction of sp³-hybridized carbons (Fsp3) is 0.0833. The van der Waals surface area contributed by atoms with Crippen LogP contribution in [0.1, 0.15) is 5.69 Å². The molecule has 2 aromatic rings. The quantitative estimate of drug-likeness (QED) is 0.817. The average Bonchev–Trinajstić information content (AvgIpc) is 2.36. The van der Waals surface area contributed by atoms with Crippen molar-refractivity contribution in [3.05, 3.63) is 50.3 Å². The van der Waals surface area contributed by atoms with E-state index in [4.69, 9.17) is 33.7 Å². The lowest BCUT2D eigenvalue weighted by molar-refractivity contribution is 0.298. The van der Waals surface area contributed by atoms with Crippen molar-refractivity contribution in [1.82, 2.24) is 4.98 Å². The summed E-state index contributed by atoms with van der Waals surface area (Å²) >= 11 is 14.8. The van der Waals surface area contributed by atoms with Crippen LogP contribution in [0, 0.1) is 5.82 Å². The van der Waals surface area contributed by atoms with Gasteiger partial charge in [-0.05, 0) is 34.1 Å². The van der Waals surface area contributed by atoms with E-state index in [9.17, 15) is 4.39 Å². The van der Waals surface area contributed by atoms with Crippen molar-refractivity contribution in [3.63, 3.8) is 0 Å². The van der Waals surface area contributed by atoms with E-state index >= 15 is 0 Å². The van der Waals surface area contributed by atoms with Crippen LogP contribution in [0.15, 0.2) is 28.7 Å². The minimum Gasteiger partial charge on any atom is -0.486 e. The molecule has 0 radical (unpaired) electrons. The Morgan fingerprint density at radius 1 is 1.26 bits per heavy atom. The molecule has 7 heteroatoms. The molecule has 2 N–H and O–H groups in total. The molecule has 1 aromatic heterocycles. The zero-order valence-corrected chi connectivity index (χ0v) is 12.6. The molecule has 0 fully saturated rings. The van der Waals surface area contributed by atoms with Gasteiger partial charge in [-0.2, -0.15) is 0 Å². The second-order valence-electron chi connectivity index (χ2n) is 3.65. The number of anilines is 1. The van der Waals surface area contributed by atoms with Crippen molar-refractivity contribution in [1.29, 1.82) is 0 Å². The highest BCUT2D eigenvalue weighted by molar-refractivity contribution is 9.10. The highest BCUT2D eigenvalue weighted by atomic mass is 79.9. The van der Waals surface area contributed by atoms with Gasteiger partial charge in [0.05, 0.1) is 20.2 Å². The van der Waals surface area contributed by atoms with E-state index in [2.05, 4.69) is 20.9 Å². The van der Waals surface area contributed by atoms with Crippen LogP contribution in [0.3, 0.4) is 0 Å². The third kappa shape index (κ3) is 3.49. The summed E-state index contributed by atoms with van der Waals surface area (Å²) in [6, 6.07) is 5.82. The van der Waals surface area contributed by atoms with Crippen LogP contribution in [0.4, 0.5) is 10.2 Å². The van der Waals surface area contributed by atoms with Gasteiger partial charge in [0, 0.05) is 6.07 Å². The van der Waals surface area contributed by atoms with Gasteiger partial charge in [0.15, 0.2) is 0 Å². The number of nitrogens with two attached hydrogens (primary N) is 1. The van der Waals surface area contributed by atoms with Crippen LogP contribution < -0.4 is 10.5 Å². The summed E-state index contributed by atoms with van der Waals surface area (Å²) < 4.78 is 19.3. The van der Waals surface area contributed by atoms with Crippen LogP contribution in [0.2, 0.25) is 10.0 Å². The molecule has 0 saturated heterocycles. The molecule has 0 aliphatic carbocycles. The maximum atomic E-state index is 13.3. The topological polar surface area (TPSA) is 48.1 Å². The summed E-state index contributed by atoms with van der Waals surface area (Å²) in [5, 5.41) is 0.444. The Balaban J connectivity index is 2.19. The zero-order valence-electron chi connectivity index (χ0n) is 9.46. The molecule has 100 valence electrons. The second kappa shape index (κ2) is 5.94. The standard InChI is InChI=1S/C12H8BrCl2FN2O/c13-6-3-8(15)9(16)4-11(6)19-5-10-7(14)1-2-12(17)18-10/h1-4H,5H2,(H2,17,18). The van der Waals surface area contributed by atoms with Crippen molar-refractivity contribution in [3.8, 4) is 5.75 Å². The molecule has 19 heavy (non-hydrogen) atoms. The molecular weight excluding hydrogens is 358 g/mol. The van der Waals surface area contributed by atoms with Gasteiger partial charge in [0.25, 0.3) is 0 Å². The Kier molecular flexibility index (Phi) is 4.50. The molecule has 2 rings (SSSR count). The van der Waals surface area contributed by atoms with Gasteiger partial charge in [0.1, 0.15) is 24.0 Å². The molecule has 1 heterocycles. The van der Waals surface area contributed by atoms with E-state index in [-0.39, 0.29) is 11.6 Å². The molecule has 0 aliphatic heterocycles. The lowest BCUT2D eigenvalue weighted by Gasteiger charge is -2.10. The number of rotatable bonds is 3. The number of benzene rings is 1. The van der Waals surface area contributed by atoms with E-state index in [1.807, 2.05) is 0 Å². The molecule has 3 nitrogen and oxygen atoms in total. The largest absolute Gasteiger partial charge is 0.486 e. The van der Waals surface area contributed by atoms with Crippen molar-refractivity contribution in [2.45, 2.75) is 6.61 Å². The summed E-state index contributed by atoms with van der Waals surface area (Å²) in [6.07, 6.45) is 0. The molecular formula is C12H8BrCl2FN2O. The Morgan fingerprint density at radius 3 is 2.74 bits per heavy atom. The molecule has 0 atom stereocenters. The first-order valence-electron chi connectivity index (χ1n) is 5.15. The van der Waals surface area contributed by atoms with E-state index in [1.165, 1.54) is 12.1 Å². The van der Waals surface area contributed by atoms with Crippen LogP contribution in [-0.2, 0) is 6.61 Å². The van der Waals surface area contributed by atoms with Crippen LogP contribution in [0.25, 0.3) is 0 Å². The molecule has 0 spiro atoms. The van der Waals surface area contributed by atoms with E-state index in [0.29, 0.717) is 26.8 Å². The maximum absolute atomic E-state index is 13.3. The molecule has 0 bridgehead atoms. The SMILES string of the molecule is Nc1ccc(Cl)c(COc2cc(F)c(Cl)cc2Br)n1. The number of hydrogen-bond acceptors (Lipinski definition) is 3. The Hall–Kier alpha value is -1.04. The molecule has 0 amide bonds. The van der Waals surface area contributed by atoms with E-state index in [0.717, 1.165) is 0 Å². The first-order valence-corrected chi connectivity index (χ1v) is 6.70. The molecule has 0 saturated carbocycles. The van der Waals surface area contributed by atoms with Crippen LogP contribution in [0.5, 0.6) is 5.75 Å². The average molecular weight is 366 g/mol. The van der Waals surface area contributed by atoms with Crippen molar-refractivity contribution in [2.24, 2.45) is 0 Å². The number of ether oxygens (including phenoxy) is 1. The predicted molar refractivity (Wildman–Crippen MR) is 77.1 cm³/mol. The highest BCUT2D eigenvalue weighted by Crippen LogP contribution is 2.31. The zero-order chi connectivity index (χ0) is 14.0. The lowest BCUT2D eigenvalue weighted by atomic mass is 10.3. The van der Waals surface area contributed by atoms with Gasteiger partial charge < -0.3 is 10.5 Å². The molecule has 0 aliphatic rings.